The highest BCUT2D eigenvalue weighted by molar-refractivity contribution is 6.35. The summed E-state index contributed by atoms with van der Waals surface area (Å²) in [5, 5.41) is 10.4. The summed E-state index contributed by atoms with van der Waals surface area (Å²) in [6.07, 6.45) is 0. The zero-order valence-corrected chi connectivity index (χ0v) is 9.71. The van der Waals surface area contributed by atoms with Crippen molar-refractivity contribution in [3.8, 4) is 0 Å². The summed E-state index contributed by atoms with van der Waals surface area (Å²) < 4.78 is 4.46. The first-order valence-electron chi connectivity index (χ1n) is 4.12. The van der Waals surface area contributed by atoms with E-state index < -0.39 is 10.9 Å². The van der Waals surface area contributed by atoms with Gasteiger partial charge in [0.05, 0.1) is 17.6 Å². The number of nitrogens with zero attached hydrogens (tertiary/aromatic N) is 1. The van der Waals surface area contributed by atoms with Crippen molar-refractivity contribution in [3.05, 3.63) is 38.4 Å². The molecule has 0 fully saturated rings. The lowest BCUT2D eigenvalue weighted by Crippen LogP contribution is -2.05. The SMILES string of the molecule is COC(=O)c1cc(CCl)cc([N+](=O)[O-])c1Cl. The first kappa shape index (κ1) is 12.7. The molecule has 5 nitrogen and oxygen atoms in total. The van der Waals surface area contributed by atoms with E-state index in [0.29, 0.717) is 5.56 Å². The normalized spacial score (nSPS) is 9.94. The van der Waals surface area contributed by atoms with E-state index in [-0.39, 0.29) is 22.2 Å². The highest BCUT2D eigenvalue weighted by Gasteiger charge is 2.22. The maximum Gasteiger partial charge on any atom is 0.339 e. The molecule has 0 heterocycles. The summed E-state index contributed by atoms with van der Waals surface area (Å²) in [6.45, 7) is 0. The number of nitro groups is 1. The smallest absolute Gasteiger partial charge is 0.339 e. The van der Waals surface area contributed by atoms with Crippen LogP contribution in [0.1, 0.15) is 15.9 Å². The van der Waals surface area contributed by atoms with Gasteiger partial charge in [0.1, 0.15) is 5.02 Å². The minimum absolute atomic E-state index is 0.0437. The first-order chi connectivity index (χ1) is 7.51. The predicted molar refractivity (Wildman–Crippen MR) is 59.0 cm³/mol. The maximum atomic E-state index is 11.3. The molecule has 1 rings (SSSR count). The molecule has 1 aromatic rings. The Bertz CT molecular complexity index is 447. The average Bonchev–Trinajstić information content (AvgIpc) is 2.28. The molecule has 86 valence electrons. The van der Waals surface area contributed by atoms with E-state index in [9.17, 15) is 14.9 Å². The van der Waals surface area contributed by atoms with Crippen LogP contribution < -0.4 is 0 Å². The highest BCUT2D eigenvalue weighted by Crippen LogP contribution is 2.30. The molecule has 0 saturated carbocycles. The van der Waals surface area contributed by atoms with Crippen LogP contribution in [-0.2, 0) is 10.6 Å². The van der Waals surface area contributed by atoms with E-state index in [1.807, 2.05) is 0 Å². The van der Waals surface area contributed by atoms with Gasteiger partial charge in [-0.05, 0) is 11.6 Å². The fraction of sp³-hybridized carbons (Fsp3) is 0.222. The third-order valence-electron chi connectivity index (χ3n) is 1.87. The number of benzene rings is 1. The monoisotopic (exact) mass is 263 g/mol. The van der Waals surface area contributed by atoms with Crippen molar-refractivity contribution in [1.29, 1.82) is 0 Å². The number of rotatable bonds is 3. The van der Waals surface area contributed by atoms with E-state index in [1.165, 1.54) is 12.1 Å². The van der Waals surface area contributed by atoms with Crippen molar-refractivity contribution in [1.82, 2.24) is 0 Å². The van der Waals surface area contributed by atoms with Crippen LogP contribution in [0.2, 0.25) is 5.02 Å². The van der Waals surface area contributed by atoms with Crippen LogP contribution in [0, 0.1) is 10.1 Å². The largest absolute Gasteiger partial charge is 0.465 e. The standard InChI is InChI=1S/C9H7Cl2NO4/c1-16-9(13)6-2-5(4-10)3-7(8(6)11)12(14)15/h2-3H,4H2,1H3. The molecule has 0 radical (unpaired) electrons. The summed E-state index contributed by atoms with van der Waals surface area (Å²) in [5.74, 6) is -0.692. The number of nitro benzene ring substituents is 1. The Kier molecular flexibility index (Phi) is 4.09. The van der Waals surface area contributed by atoms with Crippen LogP contribution in [0.4, 0.5) is 5.69 Å². The highest BCUT2D eigenvalue weighted by atomic mass is 35.5. The van der Waals surface area contributed by atoms with Gasteiger partial charge < -0.3 is 4.74 Å². The molecule has 0 saturated heterocycles. The summed E-state index contributed by atoms with van der Waals surface area (Å²) in [5.41, 5.74) is 0.00685. The Hall–Kier alpha value is -1.33. The molecule has 0 bridgehead atoms. The molecule has 0 unspecified atom stereocenters. The summed E-state index contributed by atoms with van der Waals surface area (Å²) in [6, 6.07) is 2.59. The van der Waals surface area contributed by atoms with Crippen LogP contribution >= 0.6 is 23.2 Å². The quantitative estimate of drug-likeness (QED) is 0.364. The van der Waals surface area contributed by atoms with Gasteiger partial charge >= 0.3 is 5.97 Å². The first-order valence-corrected chi connectivity index (χ1v) is 5.03. The zero-order valence-electron chi connectivity index (χ0n) is 8.20. The second kappa shape index (κ2) is 5.14. The van der Waals surface area contributed by atoms with E-state index in [4.69, 9.17) is 23.2 Å². The minimum Gasteiger partial charge on any atom is -0.465 e. The van der Waals surface area contributed by atoms with E-state index in [0.717, 1.165) is 7.11 Å². The second-order valence-corrected chi connectivity index (χ2v) is 3.50. The van der Waals surface area contributed by atoms with Crippen molar-refractivity contribution in [3.63, 3.8) is 0 Å². The number of halogens is 2. The van der Waals surface area contributed by atoms with Crippen molar-refractivity contribution in [2.45, 2.75) is 5.88 Å². The number of ether oxygens (including phenoxy) is 1. The Morgan fingerprint density at radius 1 is 1.56 bits per heavy atom. The zero-order chi connectivity index (χ0) is 12.3. The molecule has 7 heteroatoms. The van der Waals surface area contributed by atoms with Crippen molar-refractivity contribution < 1.29 is 14.5 Å². The van der Waals surface area contributed by atoms with Gasteiger partial charge in [0.25, 0.3) is 5.69 Å². The fourth-order valence-corrected chi connectivity index (χ4v) is 1.55. The molecule has 0 spiro atoms. The van der Waals surface area contributed by atoms with Gasteiger partial charge in [0.2, 0.25) is 0 Å². The Labute approximate surface area is 101 Å². The fourth-order valence-electron chi connectivity index (χ4n) is 1.14. The Balaban J connectivity index is 3.43. The summed E-state index contributed by atoms with van der Waals surface area (Å²) >= 11 is 11.3. The van der Waals surface area contributed by atoms with E-state index in [1.54, 1.807) is 0 Å². The number of esters is 1. The molecule has 0 aliphatic carbocycles. The van der Waals surface area contributed by atoms with Crippen LogP contribution in [0.25, 0.3) is 0 Å². The van der Waals surface area contributed by atoms with Gasteiger partial charge in [-0.25, -0.2) is 4.79 Å². The molecule has 0 N–H and O–H groups in total. The number of alkyl halides is 1. The van der Waals surface area contributed by atoms with Crippen molar-refractivity contribution in [2.75, 3.05) is 7.11 Å². The molecule has 16 heavy (non-hydrogen) atoms. The van der Waals surface area contributed by atoms with E-state index in [2.05, 4.69) is 4.74 Å². The van der Waals surface area contributed by atoms with Crippen LogP contribution in [0.5, 0.6) is 0 Å². The lowest BCUT2D eigenvalue weighted by atomic mass is 10.1. The molecule has 0 aliphatic rings. The topological polar surface area (TPSA) is 69.4 Å². The number of carbonyl (C=O) groups excluding carboxylic acids is 1. The third-order valence-corrected chi connectivity index (χ3v) is 2.58. The van der Waals surface area contributed by atoms with Gasteiger partial charge in [-0.2, -0.15) is 0 Å². The van der Waals surface area contributed by atoms with Gasteiger partial charge in [0, 0.05) is 11.9 Å². The lowest BCUT2D eigenvalue weighted by molar-refractivity contribution is -0.384. The van der Waals surface area contributed by atoms with Gasteiger partial charge in [0.15, 0.2) is 0 Å². The Morgan fingerprint density at radius 2 is 2.19 bits per heavy atom. The molecule has 0 aromatic heterocycles. The molecule has 0 atom stereocenters. The number of hydrogen-bond acceptors (Lipinski definition) is 4. The van der Waals surface area contributed by atoms with Crippen LogP contribution in [0.3, 0.4) is 0 Å². The van der Waals surface area contributed by atoms with Gasteiger partial charge in [-0.3, -0.25) is 10.1 Å². The predicted octanol–water partition coefficient (Wildman–Crippen LogP) is 2.77. The van der Waals surface area contributed by atoms with Crippen LogP contribution in [0.15, 0.2) is 12.1 Å². The van der Waals surface area contributed by atoms with Gasteiger partial charge in [-0.1, -0.05) is 11.6 Å². The number of hydrogen-bond donors (Lipinski definition) is 0. The molecule has 0 aliphatic heterocycles. The number of methoxy groups -OCH3 is 1. The van der Waals surface area contributed by atoms with Gasteiger partial charge in [-0.15, -0.1) is 11.6 Å². The third kappa shape index (κ3) is 2.43. The van der Waals surface area contributed by atoms with Crippen molar-refractivity contribution in [2.24, 2.45) is 0 Å². The molecular formula is C9H7Cl2NO4. The Morgan fingerprint density at radius 3 is 2.62 bits per heavy atom. The molecular weight excluding hydrogens is 257 g/mol. The summed E-state index contributed by atoms with van der Waals surface area (Å²) in [7, 11) is 1.16. The average molecular weight is 264 g/mol. The van der Waals surface area contributed by atoms with Crippen molar-refractivity contribution >= 4 is 34.9 Å². The number of carbonyl (C=O) groups is 1. The second-order valence-electron chi connectivity index (χ2n) is 2.86. The summed E-state index contributed by atoms with van der Waals surface area (Å²) in [4.78, 5) is 21.3. The lowest BCUT2D eigenvalue weighted by Gasteiger charge is -2.05. The minimum atomic E-state index is -0.736. The molecule has 1 aromatic carbocycles. The molecule has 0 amide bonds. The van der Waals surface area contributed by atoms with E-state index >= 15 is 0 Å². The maximum absolute atomic E-state index is 11.3. The van der Waals surface area contributed by atoms with Crippen LogP contribution in [-0.4, -0.2) is 18.0 Å².